The molecule has 2 heterocycles. The standard InChI is InChI=1S/C20H17ClN2O3S2/c1-2-24-13-7-9-14(10-8-13)25-11-12-27-20-23-22-19(26-20)18-17(21)15-5-3-4-6-16(15)28-18/h3-10H,2,11-12H2,1H3. The molecule has 0 atom stereocenters. The molecule has 2 aromatic heterocycles. The molecule has 0 spiro atoms. The van der Waals surface area contributed by atoms with Crippen molar-refractivity contribution in [2.24, 2.45) is 0 Å². The van der Waals surface area contributed by atoms with Crippen LogP contribution in [0.15, 0.2) is 58.2 Å². The van der Waals surface area contributed by atoms with Gasteiger partial charge in [-0.3, -0.25) is 0 Å². The Bertz CT molecular complexity index is 1060. The molecule has 0 aliphatic carbocycles. The van der Waals surface area contributed by atoms with Gasteiger partial charge in [0, 0.05) is 15.8 Å². The number of thiophene rings is 1. The van der Waals surface area contributed by atoms with Gasteiger partial charge < -0.3 is 13.9 Å². The second-order valence-corrected chi connectivity index (χ2v) is 8.19. The second kappa shape index (κ2) is 8.86. The Labute approximate surface area is 175 Å². The normalized spacial score (nSPS) is 11.1. The van der Waals surface area contributed by atoms with Crippen LogP contribution in [0.4, 0.5) is 0 Å². The summed E-state index contributed by atoms with van der Waals surface area (Å²) < 4.78 is 18.0. The zero-order valence-corrected chi connectivity index (χ0v) is 17.4. The predicted molar refractivity (Wildman–Crippen MR) is 114 cm³/mol. The molecule has 4 aromatic rings. The summed E-state index contributed by atoms with van der Waals surface area (Å²) in [6.07, 6.45) is 0. The predicted octanol–water partition coefficient (Wildman–Crippen LogP) is 6.17. The van der Waals surface area contributed by atoms with Crippen LogP contribution in [0.2, 0.25) is 5.02 Å². The minimum atomic E-state index is 0.445. The van der Waals surface area contributed by atoms with E-state index < -0.39 is 0 Å². The third kappa shape index (κ3) is 4.27. The van der Waals surface area contributed by atoms with E-state index in [9.17, 15) is 0 Å². The van der Waals surface area contributed by atoms with Gasteiger partial charge in [0.2, 0.25) is 0 Å². The third-order valence-electron chi connectivity index (χ3n) is 3.85. The average molecular weight is 433 g/mol. The highest BCUT2D eigenvalue weighted by Gasteiger charge is 2.17. The number of rotatable bonds is 8. The monoisotopic (exact) mass is 432 g/mol. The van der Waals surface area contributed by atoms with E-state index in [4.69, 9.17) is 25.5 Å². The summed E-state index contributed by atoms with van der Waals surface area (Å²) in [5.41, 5.74) is 0. The lowest BCUT2D eigenvalue weighted by molar-refractivity contribution is 0.332. The summed E-state index contributed by atoms with van der Waals surface area (Å²) >= 11 is 9.47. The van der Waals surface area contributed by atoms with Crippen LogP contribution >= 0.6 is 34.7 Å². The second-order valence-electron chi connectivity index (χ2n) is 5.72. The van der Waals surface area contributed by atoms with E-state index >= 15 is 0 Å². The molecule has 5 nitrogen and oxygen atoms in total. The average Bonchev–Trinajstić information content (AvgIpc) is 3.32. The SMILES string of the molecule is CCOc1ccc(OCCSc2nnc(-c3sc4ccccc4c3Cl)o2)cc1. The number of halogens is 1. The first kappa shape index (κ1) is 19.1. The van der Waals surface area contributed by atoms with Crippen LogP contribution in [0.5, 0.6) is 11.5 Å². The summed E-state index contributed by atoms with van der Waals surface area (Å²) in [7, 11) is 0. The van der Waals surface area contributed by atoms with Crippen molar-refractivity contribution in [3.8, 4) is 22.3 Å². The van der Waals surface area contributed by atoms with Gasteiger partial charge in [-0.1, -0.05) is 41.6 Å². The summed E-state index contributed by atoms with van der Waals surface area (Å²) in [5.74, 6) is 2.77. The number of thioether (sulfide) groups is 1. The first-order valence-electron chi connectivity index (χ1n) is 8.74. The molecule has 0 aliphatic rings. The minimum Gasteiger partial charge on any atom is -0.494 e. The van der Waals surface area contributed by atoms with Gasteiger partial charge in [0.1, 0.15) is 16.4 Å². The molecule has 0 radical (unpaired) electrons. The number of nitrogens with zero attached hydrogens (tertiary/aromatic N) is 2. The van der Waals surface area contributed by atoms with Crippen LogP contribution in [0, 0.1) is 0 Å². The lowest BCUT2D eigenvalue weighted by atomic mass is 10.2. The molecule has 8 heteroatoms. The summed E-state index contributed by atoms with van der Waals surface area (Å²) in [5, 5.41) is 10.4. The van der Waals surface area contributed by atoms with E-state index in [0.717, 1.165) is 26.5 Å². The highest BCUT2D eigenvalue weighted by atomic mass is 35.5. The Balaban J connectivity index is 1.33. The van der Waals surface area contributed by atoms with E-state index in [2.05, 4.69) is 10.2 Å². The van der Waals surface area contributed by atoms with Crippen LogP contribution < -0.4 is 9.47 Å². The van der Waals surface area contributed by atoms with Crippen molar-refractivity contribution < 1.29 is 13.9 Å². The molecule has 28 heavy (non-hydrogen) atoms. The highest BCUT2D eigenvalue weighted by Crippen LogP contribution is 2.41. The van der Waals surface area contributed by atoms with Crippen LogP contribution in [-0.2, 0) is 0 Å². The smallest absolute Gasteiger partial charge is 0.277 e. The molecular weight excluding hydrogens is 416 g/mol. The third-order valence-corrected chi connectivity index (χ3v) is 6.29. The first-order valence-corrected chi connectivity index (χ1v) is 10.9. The largest absolute Gasteiger partial charge is 0.494 e. The molecule has 144 valence electrons. The van der Waals surface area contributed by atoms with E-state index in [1.165, 1.54) is 11.8 Å². The molecular formula is C20H17ClN2O3S2. The zero-order valence-electron chi connectivity index (χ0n) is 15.1. The van der Waals surface area contributed by atoms with Gasteiger partial charge in [0.15, 0.2) is 0 Å². The van der Waals surface area contributed by atoms with E-state index in [1.54, 1.807) is 11.3 Å². The maximum absolute atomic E-state index is 6.47. The topological polar surface area (TPSA) is 57.4 Å². The van der Waals surface area contributed by atoms with E-state index in [0.29, 0.717) is 35.1 Å². The van der Waals surface area contributed by atoms with Crippen molar-refractivity contribution in [3.05, 3.63) is 53.6 Å². The number of benzene rings is 2. The molecule has 0 N–H and O–H groups in total. The lowest BCUT2D eigenvalue weighted by Gasteiger charge is -2.06. The molecule has 0 aliphatic heterocycles. The molecule has 0 fully saturated rings. The summed E-state index contributed by atoms with van der Waals surface area (Å²) in [6, 6.07) is 15.5. The van der Waals surface area contributed by atoms with Gasteiger partial charge in [0.05, 0.1) is 18.2 Å². The molecule has 0 saturated carbocycles. The van der Waals surface area contributed by atoms with Gasteiger partial charge >= 0.3 is 0 Å². The first-order chi connectivity index (χ1) is 13.7. The lowest BCUT2D eigenvalue weighted by Crippen LogP contribution is -2.00. The minimum absolute atomic E-state index is 0.445. The van der Waals surface area contributed by atoms with Gasteiger partial charge in [-0.2, -0.15) is 0 Å². The van der Waals surface area contributed by atoms with Crippen LogP contribution in [-0.4, -0.2) is 29.2 Å². The Morgan fingerprint density at radius 2 is 1.79 bits per heavy atom. The Morgan fingerprint density at radius 3 is 2.54 bits per heavy atom. The van der Waals surface area contributed by atoms with E-state index in [-0.39, 0.29) is 0 Å². The summed E-state index contributed by atoms with van der Waals surface area (Å²) in [6.45, 7) is 3.13. The molecule has 0 unspecified atom stereocenters. The zero-order chi connectivity index (χ0) is 19.3. The molecule has 2 aromatic carbocycles. The van der Waals surface area contributed by atoms with Gasteiger partial charge in [0.25, 0.3) is 11.1 Å². The molecule has 0 saturated heterocycles. The van der Waals surface area contributed by atoms with Crippen molar-refractivity contribution >= 4 is 44.8 Å². The molecule has 0 amide bonds. The number of ether oxygens (including phenoxy) is 2. The van der Waals surface area contributed by atoms with Crippen LogP contribution in [0.25, 0.3) is 20.9 Å². The number of aromatic nitrogens is 2. The fraction of sp³-hybridized carbons (Fsp3) is 0.200. The van der Waals surface area contributed by atoms with Gasteiger partial charge in [-0.25, -0.2) is 0 Å². The molecule has 0 bridgehead atoms. The Morgan fingerprint density at radius 1 is 1.04 bits per heavy atom. The van der Waals surface area contributed by atoms with E-state index in [1.807, 2.05) is 55.5 Å². The van der Waals surface area contributed by atoms with Crippen LogP contribution in [0.3, 0.4) is 0 Å². The fourth-order valence-electron chi connectivity index (χ4n) is 2.60. The Kier molecular flexibility index (Phi) is 6.04. The van der Waals surface area contributed by atoms with Crippen molar-refractivity contribution in [1.82, 2.24) is 10.2 Å². The maximum atomic E-state index is 6.47. The van der Waals surface area contributed by atoms with Crippen LogP contribution in [0.1, 0.15) is 6.92 Å². The van der Waals surface area contributed by atoms with Crippen molar-refractivity contribution in [3.63, 3.8) is 0 Å². The quantitative estimate of drug-likeness (QED) is 0.245. The number of fused-ring (bicyclic) bond motifs is 1. The van der Waals surface area contributed by atoms with Crippen molar-refractivity contribution in [2.45, 2.75) is 12.1 Å². The Hall–Kier alpha value is -2.22. The number of hydrogen-bond donors (Lipinski definition) is 0. The van der Waals surface area contributed by atoms with Crippen molar-refractivity contribution in [1.29, 1.82) is 0 Å². The van der Waals surface area contributed by atoms with Gasteiger partial charge in [-0.15, -0.1) is 21.5 Å². The molecule has 4 rings (SSSR count). The fourth-order valence-corrected chi connectivity index (χ4v) is 4.61. The summed E-state index contributed by atoms with van der Waals surface area (Å²) in [4.78, 5) is 0.799. The van der Waals surface area contributed by atoms with Gasteiger partial charge in [-0.05, 0) is 37.3 Å². The number of hydrogen-bond acceptors (Lipinski definition) is 7. The maximum Gasteiger partial charge on any atom is 0.277 e. The highest BCUT2D eigenvalue weighted by molar-refractivity contribution is 7.99. The van der Waals surface area contributed by atoms with Crippen molar-refractivity contribution in [2.75, 3.05) is 19.0 Å².